The molecule has 2 atom stereocenters. The van der Waals surface area contributed by atoms with Crippen LogP contribution in [0.2, 0.25) is 0 Å². The predicted octanol–water partition coefficient (Wildman–Crippen LogP) is 4.18. The molecule has 2 saturated heterocycles. The predicted molar refractivity (Wildman–Crippen MR) is 91.6 cm³/mol. The summed E-state index contributed by atoms with van der Waals surface area (Å²) in [7, 11) is 2.24. The number of benzene rings is 1. The Kier molecular flexibility index (Phi) is 4.40. The Morgan fingerprint density at radius 1 is 1.09 bits per heavy atom. The average molecular weight is 299 g/mol. The van der Waals surface area contributed by atoms with E-state index in [1.54, 1.807) is 0 Å². The summed E-state index contributed by atoms with van der Waals surface area (Å²) in [5, 5.41) is 0. The number of piperidine rings is 1. The first-order valence-electron chi connectivity index (χ1n) is 8.93. The number of Topliss-reactive ketones (excluding diaryl/α,β-unsaturated/α-hetero) is 1. The van der Waals surface area contributed by atoms with Gasteiger partial charge in [-0.25, -0.2) is 0 Å². The number of carbonyl (C=O) groups excluding carboxylic acids is 1. The molecule has 2 bridgehead atoms. The first-order chi connectivity index (χ1) is 10.5. The molecule has 0 aromatic heterocycles. The Hall–Kier alpha value is -1.15. The van der Waals surface area contributed by atoms with Gasteiger partial charge in [-0.1, -0.05) is 31.5 Å². The average Bonchev–Trinajstić information content (AvgIpc) is 2.75. The van der Waals surface area contributed by atoms with E-state index in [0.717, 1.165) is 31.2 Å². The minimum absolute atomic E-state index is 0.243. The van der Waals surface area contributed by atoms with Gasteiger partial charge in [-0.15, -0.1) is 0 Å². The van der Waals surface area contributed by atoms with Crippen LogP contribution in [0, 0.1) is 12.8 Å². The van der Waals surface area contributed by atoms with Gasteiger partial charge in [0, 0.05) is 23.6 Å². The standard InChI is InChI=1S/C20H29NO/c1-5-14-9-13(3)10-15(6-2)19(14)20(22)16-11-17-7-8-18(12-16)21(17)4/h9-10,16-18H,5-8,11-12H2,1-4H3. The third-order valence-corrected chi connectivity index (χ3v) is 5.92. The summed E-state index contributed by atoms with van der Waals surface area (Å²) in [6.07, 6.45) is 6.59. The van der Waals surface area contributed by atoms with Gasteiger partial charge in [0.05, 0.1) is 0 Å². The summed E-state index contributed by atoms with van der Waals surface area (Å²) in [5.74, 6) is 0.672. The van der Waals surface area contributed by atoms with Crippen LogP contribution >= 0.6 is 0 Å². The van der Waals surface area contributed by atoms with Gasteiger partial charge in [0.1, 0.15) is 0 Å². The van der Waals surface area contributed by atoms with Crippen molar-refractivity contribution in [3.8, 4) is 0 Å². The SMILES string of the molecule is CCc1cc(C)cc(CC)c1C(=O)C1CC2CCC(C1)N2C. The molecule has 0 radical (unpaired) electrons. The molecule has 0 amide bonds. The number of nitrogens with zero attached hydrogens (tertiary/aromatic N) is 1. The molecular formula is C20H29NO. The second-order valence-electron chi connectivity index (χ2n) is 7.25. The minimum atomic E-state index is 0.243. The first-order valence-corrected chi connectivity index (χ1v) is 8.93. The molecule has 22 heavy (non-hydrogen) atoms. The summed E-state index contributed by atoms with van der Waals surface area (Å²) in [6.45, 7) is 6.48. The van der Waals surface area contributed by atoms with Crippen molar-refractivity contribution < 1.29 is 4.79 Å². The molecule has 0 aliphatic carbocycles. The van der Waals surface area contributed by atoms with Crippen molar-refractivity contribution in [1.29, 1.82) is 0 Å². The van der Waals surface area contributed by atoms with Crippen LogP contribution < -0.4 is 0 Å². The fourth-order valence-corrected chi connectivity index (χ4v) is 4.65. The van der Waals surface area contributed by atoms with E-state index in [2.05, 4.69) is 44.9 Å². The molecule has 1 aromatic carbocycles. The maximum atomic E-state index is 13.3. The molecule has 0 saturated carbocycles. The van der Waals surface area contributed by atoms with Crippen molar-refractivity contribution in [2.24, 2.45) is 5.92 Å². The number of hydrogen-bond donors (Lipinski definition) is 0. The first kappa shape index (κ1) is 15.7. The van der Waals surface area contributed by atoms with Gasteiger partial charge in [0.2, 0.25) is 0 Å². The summed E-state index contributed by atoms with van der Waals surface area (Å²) >= 11 is 0. The number of hydrogen-bond acceptors (Lipinski definition) is 2. The molecule has 2 fully saturated rings. The van der Waals surface area contributed by atoms with E-state index in [4.69, 9.17) is 0 Å². The smallest absolute Gasteiger partial charge is 0.166 e. The summed E-state index contributed by atoms with van der Waals surface area (Å²) in [4.78, 5) is 15.8. The third kappa shape index (κ3) is 2.62. The van der Waals surface area contributed by atoms with E-state index in [9.17, 15) is 4.79 Å². The summed E-state index contributed by atoms with van der Waals surface area (Å²) in [6, 6.07) is 5.70. The molecule has 3 rings (SSSR count). The van der Waals surface area contributed by atoms with Gasteiger partial charge < -0.3 is 4.90 Å². The molecule has 0 spiro atoms. The van der Waals surface area contributed by atoms with Crippen LogP contribution in [-0.4, -0.2) is 29.8 Å². The Bertz CT molecular complexity index is 538. The third-order valence-electron chi connectivity index (χ3n) is 5.92. The lowest BCUT2D eigenvalue weighted by Crippen LogP contribution is -2.42. The maximum absolute atomic E-state index is 13.3. The lowest BCUT2D eigenvalue weighted by Gasteiger charge is -2.36. The lowest BCUT2D eigenvalue weighted by molar-refractivity contribution is 0.0765. The molecular weight excluding hydrogens is 270 g/mol. The van der Waals surface area contributed by atoms with Gasteiger partial charge in [-0.2, -0.15) is 0 Å². The van der Waals surface area contributed by atoms with Crippen LogP contribution in [0.1, 0.15) is 66.6 Å². The maximum Gasteiger partial charge on any atom is 0.166 e. The van der Waals surface area contributed by atoms with Crippen LogP contribution in [0.5, 0.6) is 0 Å². The number of ketones is 1. The Labute approximate surface area is 134 Å². The lowest BCUT2D eigenvalue weighted by atomic mass is 9.81. The highest BCUT2D eigenvalue weighted by Gasteiger charge is 2.41. The van der Waals surface area contributed by atoms with Crippen molar-refractivity contribution in [3.63, 3.8) is 0 Å². The fourth-order valence-electron chi connectivity index (χ4n) is 4.65. The number of aryl methyl sites for hydroxylation is 3. The van der Waals surface area contributed by atoms with Crippen LogP contribution in [0.3, 0.4) is 0 Å². The van der Waals surface area contributed by atoms with Gasteiger partial charge in [-0.05, 0) is 63.6 Å². The Balaban J connectivity index is 1.92. The highest BCUT2D eigenvalue weighted by atomic mass is 16.1. The molecule has 2 heterocycles. The largest absolute Gasteiger partial charge is 0.300 e. The zero-order chi connectivity index (χ0) is 15.9. The van der Waals surface area contributed by atoms with E-state index in [0.29, 0.717) is 17.9 Å². The number of rotatable bonds is 4. The van der Waals surface area contributed by atoms with Crippen molar-refractivity contribution in [3.05, 3.63) is 34.4 Å². The minimum Gasteiger partial charge on any atom is -0.300 e. The van der Waals surface area contributed by atoms with Crippen molar-refractivity contribution in [2.45, 2.75) is 71.4 Å². The van der Waals surface area contributed by atoms with E-state index < -0.39 is 0 Å². The van der Waals surface area contributed by atoms with E-state index in [1.807, 2.05) is 0 Å². The van der Waals surface area contributed by atoms with Gasteiger partial charge in [0.15, 0.2) is 5.78 Å². The number of fused-ring (bicyclic) bond motifs is 2. The van der Waals surface area contributed by atoms with Crippen LogP contribution in [-0.2, 0) is 12.8 Å². The highest BCUT2D eigenvalue weighted by molar-refractivity contribution is 6.00. The zero-order valence-corrected chi connectivity index (χ0v) is 14.5. The summed E-state index contributed by atoms with van der Waals surface area (Å²) < 4.78 is 0. The number of carbonyl (C=O) groups is 1. The fraction of sp³-hybridized carbons (Fsp3) is 0.650. The topological polar surface area (TPSA) is 20.3 Å². The second kappa shape index (κ2) is 6.16. The summed E-state index contributed by atoms with van der Waals surface area (Å²) in [5.41, 5.74) is 4.86. The normalized spacial score (nSPS) is 28.1. The molecule has 1 aromatic rings. The van der Waals surface area contributed by atoms with E-state index in [-0.39, 0.29) is 5.92 Å². The van der Waals surface area contributed by atoms with Crippen molar-refractivity contribution in [1.82, 2.24) is 4.90 Å². The molecule has 120 valence electrons. The molecule has 2 aliphatic rings. The van der Waals surface area contributed by atoms with E-state index in [1.165, 1.54) is 29.5 Å². The molecule has 0 N–H and O–H groups in total. The van der Waals surface area contributed by atoms with Gasteiger partial charge in [-0.3, -0.25) is 4.79 Å². The van der Waals surface area contributed by atoms with Gasteiger partial charge in [0.25, 0.3) is 0 Å². The van der Waals surface area contributed by atoms with Crippen LogP contribution in [0.15, 0.2) is 12.1 Å². The Morgan fingerprint density at radius 2 is 1.59 bits per heavy atom. The zero-order valence-electron chi connectivity index (χ0n) is 14.5. The van der Waals surface area contributed by atoms with E-state index >= 15 is 0 Å². The molecule has 2 aliphatic heterocycles. The molecule has 2 unspecified atom stereocenters. The molecule has 2 nitrogen and oxygen atoms in total. The van der Waals surface area contributed by atoms with Crippen LogP contribution in [0.4, 0.5) is 0 Å². The van der Waals surface area contributed by atoms with Crippen molar-refractivity contribution >= 4 is 5.78 Å². The Morgan fingerprint density at radius 3 is 2.05 bits per heavy atom. The highest BCUT2D eigenvalue weighted by Crippen LogP contribution is 2.39. The monoisotopic (exact) mass is 299 g/mol. The van der Waals surface area contributed by atoms with Crippen molar-refractivity contribution in [2.75, 3.05) is 7.05 Å². The van der Waals surface area contributed by atoms with Gasteiger partial charge >= 0.3 is 0 Å². The molecule has 2 heteroatoms. The van der Waals surface area contributed by atoms with Crippen LogP contribution in [0.25, 0.3) is 0 Å². The quantitative estimate of drug-likeness (QED) is 0.778. The second-order valence-corrected chi connectivity index (χ2v) is 7.25.